The summed E-state index contributed by atoms with van der Waals surface area (Å²) in [7, 11) is 0. The Morgan fingerprint density at radius 2 is 2.06 bits per heavy atom. The zero-order chi connectivity index (χ0) is 11.0. The molecule has 0 aromatic heterocycles. The number of piperidine rings is 1. The number of hydrogen-bond donors (Lipinski definition) is 1. The fourth-order valence-corrected chi connectivity index (χ4v) is 3.25. The van der Waals surface area contributed by atoms with Gasteiger partial charge >= 0.3 is 0 Å². The average molecular weight is 215 g/mol. The van der Waals surface area contributed by atoms with Gasteiger partial charge in [0.2, 0.25) is 0 Å². The normalized spacial score (nSPS) is 29.1. The minimum atomic E-state index is 0.759. The number of fused-ring (bicyclic) bond motifs is 1. The van der Waals surface area contributed by atoms with Crippen LogP contribution < -0.4 is 5.32 Å². The van der Waals surface area contributed by atoms with Crippen molar-refractivity contribution in [2.45, 2.75) is 38.5 Å². The molecule has 0 bridgehead atoms. The van der Waals surface area contributed by atoms with Gasteiger partial charge in [-0.25, -0.2) is 0 Å². The number of hydrogen-bond acceptors (Lipinski definition) is 1. The van der Waals surface area contributed by atoms with Crippen molar-refractivity contribution < 1.29 is 0 Å². The van der Waals surface area contributed by atoms with Gasteiger partial charge in [-0.3, -0.25) is 0 Å². The van der Waals surface area contributed by atoms with E-state index in [1.54, 1.807) is 16.7 Å². The van der Waals surface area contributed by atoms with Crippen molar-refractivity contribution in [1.29, 1.82) is 0 Å². The van der Waals surface area contributed by atoms with Crippen LogP contribution in [0, 0.1) is 5.92 Å². The van der Waals surface area contributed by atoms with Crippen molar-refractivity contribution in [3.8, 4) is 0 Å². The second-order valence-electron chi connectivity index (χ2n) is 5.58. The molecule has 0 amide bonds. The van der Waals surface area contributed by atoms with Crippen LogP contribution in [0.5, 0.6) is 0 Å². The number of benzene rings is 1. The zero-order valence-corrected chi connectivity index (χ0v) is 10.1. The number of rotatable bonds is 1. The summed E-state index contributed by atoms with van der Waals surface area (Å²) in [6.45, 7) is 4.74. The lowest BCUT2D eigenvalue weighted by atomic mass is 9.90. The molecule has 1 nitrogen and oxygen atoms in total. The highest BCUT2D eigenvalue weighted by Gasteiger charge is 2.20. The summed E-state index contributed by atoms with van der Waals surface area (Å²) in [5.74, 6) is 1.62. The Balaban J connectivity index is 1.84. The van der Waals surface area contributed by atoms with Crippen molar-refractivity contribution in [2.24, 2.45) is 5.92 Å². The van der Waals surface area contributed by atoms with Crippen LogP contribution in [0.25, 0.3) is 0 Å². The molecule has 2 unspecified atom stereocenters. The van der Waals surface area contributed by atoms with Crippen molar-refractivity contribution >= 4 is 0 Å². The summed E-state index contributed by atoms with van der Waals surface area (Å²) in [6, 6.07) is 7.23. The van der Waals surface area contributed by atoms with Gasteiger partial charge in [0.25, 0.3) is 0 Å². The molecule has 1 fully saturated rings. The quantitative estimate of drug-likeness (QED) is 0.759. The largest absolute Gasteiger partial charge is 0.316 e. The third-order valence-electron chi connectivity index (χ3n) is 4.14. The molecule has 1 aliphatic carbocycles. The van der Waals surface area contributed by atoms with Gasteiger partial charge in [0.05, 0.1) is 0 Å². The standard InChI is InChI=1S/C15H21N/c1-11-7-12-4-5-13(9-15(12)8-11)14-3-2-6-16-10-14/h4-5,9,11,14,16H,2-3,6-8,10H2,1H3. The molecule has 0 saturated carbocycles. The molecule has 2 atom stereocenters. The van der Waals surface area contributed by atoms with Crippen LogP contribution in [0.4, 0.5) is 0 Å². The first kappa shape index (κ1) is 10.3. The maximum Gasteiger partial charge on any atom is 0.00201 e. The predicted octanol–water partition coefficient (Wildman–Crippen LogP) is 2.89. The van der Waals surface area contributed by atoms with Crippen molar-refractivity contribution in [3.63, 3.8) is 0 Å². The molecule has 86 valence electrons. The molecular formula is C15H21N. The Labute approximate surface area is 98.3 Å². The summed E-state index contributed by atoms with van der Waals surface area (Å²) < 4.78 is 0. The Hall–Kier alpha value is -0.820. The molecule has 3 rings (SSSR count). The first-order valence-electron chi connectivity index (χ1n) is 6.65. The van der Waals surface area contributed by atoms with E-state index >= 15 is 0 Å². The summed E-state index contributed by atoms with van der Waals surface area (Å²) in [5, 5.41) is 3.51. The van der Waals surface area contributed by atoms with Crippen LogP contribution in [0.1, 0.15) is 42.4 Å². The Kier molecular flexibility index (Phi) is 2.72. The van der Waals surface area contributed by atoms with E-state index in [2.05, 4.69) is 30.4 Å². The monoisotopic (exact) mass is 215 g/mol. The SMILES string of the molecule is CC1Cc2ccc(C3CCCNC3)cc2C1. The summed E-state index contributed by atoms with van der Waals surface area (Å²) in [4.78, 5) is 0. The van der Waals surface area contributed by atoms with Crippen molar-refractivity contribution in [3.05, 3.63) is 34.9 Å². The topological polar surface area (TPSA) is 12.0 Å². The Bertz CT molecular complexity index is 377. The fourth-order valence-electron chi connectivity index (χ4n) is 3.25. The molecule has 0 spiro atoms. The van der Waals surface area contributed by atoms with Gasteiger partial charge < -0.3 is 5.32 Å². The van der Waals surface area contributed by atoms with E-state index in [4.69, 9.17) is 0 Å². The minimum Gasteiger partial charge on any atom is -0.316 e. The van der Waals surface area contributed by atoms with Gasteiger partial charge in [-0.15, -0.1) is 0 Å². The Morgan fingerprint density at radius 3 is 2.88 bits per heavy atom. The molecule has 16 heavy (non-hydrogen) atoms. The molecule has 2 aliphatic rings. The van der Waals surface area contributed by atoms with Crippen molar-refractivity contribution in [1.82, 2.24) is 5.32 Å². The van der Waals surface area contributed by atoms with Crippen LogP contribution in [0.2, 0.25) is 0 Å². The molecule has 1 N–H and O–H groups in total. The highest BCUT2D eigenvalue weighted by atomic mass is 14.9. The van der Waals surface area contributed by atoms with E-state index in [0.717, 1.165) is 11.8 Å². The average Bonchev–Trinajstić information content (AvgIpc) is 2.69. The van der Waals surface area contributed by atoms with Gasteiger partial charge in [-0.05, 0) is 60.8 Å². The lowest BCUT2D eigenvalue weighted by Gasteiger charge is -2.23. The van der Waals surface area contributed by atoms with Gasteiger partial charge in [0.15, 0.2) is 0 Å². The smallest absolute Gasteiger partial charge is 0.00201 e. The van der Waals surface area contributed by atoms with Crippen LogP contribution in [0.15, 0.2) is 18.2 Å². The molecule has 1 heteroatoms. The fraction of sp³-hybridized carbons (Fsp3) is 0.600. The van der Waals surface area contributed by atoms with E-state index in [1.165, 1.54) is 38.8 Å². The molecule has 1 aromatic carbocycles. The van der Waals surface area contributed by atoms with E-state index in [0.29, 0.717) is 0 Å². The van der Waals surface area contributed by atoms with Crippen LogP contribution in [-0.2, 0) is 12.8 Å². The van der Waals surface area contributed by atoms with E-state index < -0.39 is 0 Å². The molecular weight excluding hydrogens is 194 g/mol. The van der Waals surface area contributed by atoms with Crippen LogP contribution >= 0.6 is 0 Å². The highest BCUT2D eigenvalue weighted by molar-refractivity contribution is 5.37. The second kappa shape index (κ2) is 4.21. The van der Waals surface area contributed by atoms with Crippen LogP contribution in [-0.4, -0.2) is 13.1 Å². The third kappa shape index (κ3) is 1.89. The molecule has 1 aliphatic heterocycles. The lowest BCUT2D eigenvalue weighted by Crippen LogP contribution is -2.28. The predicted molar refractivity (Wildman–Crippen MR) is 67.9 cm³/mol. The maximum absolute atomic E-state index is 3.51. The summed E-state index contributed by atoms with van der Waals surface area (Å²) in [6.07, 6.45) is 5.28. The van der Waals surface area contributed by atoms with Gasteiger partial charge in [-0.2, -0.15) is 0 Å². The Morgan fingerprint density at radius 1 is 1.19 bits per heavy atom. The van der Waals surface area contributed by atoms with E-state index in [1.807, 2.05) is 0 Å². The molecule has 1 aromatic rings. The first-order valence-corrected chi connectivity index (χ1v) is 6.65. The molecule has 1 saturated heterocycles. The highest BCUT2D eigenvalue weighted by Crippen LogP contribution is 2.31. The minimum absolute atomic E-state index is 0.759. The van der Waals surface area contributed by atoms with Gasteiger partial charge in [-0.1, -0.05) is 25.1 Å². The summed E-state index contributed by atoms with van der Waals surface area (Å²) >= 11 is 0. The zero-order valence-electron chi connectivity index (χ0n) is 10.1. The van der Waals surface area contributed by atoms with Crippen molar-refractivity contribution in [2.75, 3.05) is 13.1 Å². The maximum atomic E-state index is 3.51. The second-order valence-corrected chi connectivity index (χ2v) is 5.58. The van der Waals surface area contributed by atoms with Gasteiger partial charge in [0.1, 0.15) is 0 Å². The van der Waals surface area contributed by atoms with E-state index in [-0.39, 0.29) is 0 Å². The molecule has 0 radical (unpaired) electrons. The first-order chi connectivity index (χ1) is 7.83. The van der Waals surface area contributed by atoms with E-state index in [9.17, 15) is 0 Å². The van der Waals surface area contributed by atoms with Gasteiger partial charge in [0, 0.05) is 6.54 Å². The third-order valence-corrected chi connectivity index (χ3v) is 4.14. The molecule has 1 heterocycles. The number of nitrogens with one attached hydrogen (secondary N) is 1. The van der Waals surface area contributed by atoms with Crippen LogP contribution in [0.3, 0.4) is 0 Å². The summed E-state index contributed by atoms with van der Waals surface area (Å²) in [5.41, 5.74) is 4.79. The lowest BCUT2D eigenvalue weighted by molar-refractivity contribution is 0.461.